The van der Waals surface area contributed by atoms with Crippen LogP contribution in [0, 0.1) is 0 Å². The minimum absolute atomic E-state index is 0. The number of guanidine groups is 1. The van der Waals surface area contributed by atoms with E-state index in [4.69, 9.17) is 0 Å². The summed E-state index contributed by atoms with van der Waals surface area (Å²) in [6, 6.07) is 10.7. The molecule has 0 spiro atoms. The fourth-order valence-electron chi connectivity index (χ4n) is 3.74. The maximum absolute atomic E-state index is 4.44. The van der Waals surface area contributed by atoms with Crippen molar-refractivity contribution >= 4 is 35.9 Å². The van der Waals surface area contributed by atoms with Crippen molar-refractivity contribution in [3.63, 3.8) is 0 Å². The van der Waals surface area contributed by atoms with Gasteiger partial charge in [-0.3, -0.25) is 9.89 Å². The molecule has 8 heteroatoms. The van der Waals surface area contributed by atoms with Gasteiger partial charge in [0.2, 0.25) is 5.95 Å². The summed E-state index contributed by atoms with van der Waals surface area (Å²) >= 11 is 0. The molecule has 7 nitrogen and oxygen atoms in total. The Morgan fingerprint density at radius 2 is 1.71 bits per heavy atom. The normalized spacial score (nSPS) is 14.8. The molecular weight excluding hydrogens is 501 g/mol. The number of aryl methyl sites for hydroxylation is 1. The molecule has 1 aromatic carbocycles. The van der Waals surface area contributed by atoms with Crippen molar-refractivity contribution in [2.45, 2.75) is 26.3 Å². The summed E-state index contributed by atoms with van der Waals surface area (Å²) in [6.07, 6.45) is 5.79. The highest BCUT2D eigenvalue weighted by Crippen LogP contribution is 2.10. The third-order valence-corrected chi connectivity index (χ3v) is 5.57. The van der Waals surface area contributed by atoms with Gasteiger partial charge in [0, 0.05) is 65.8 Å². The Bertz CT molecular complexity index is 774. The van der Waals surface area contributed by atoms with Crippen molar-refractivity contribution in [1.29, 1.82) is 0 Å². The van der Waals surface area contributed by atoms with E-state index < -0.39 is 0 Å². The molecule has 1 N–H and O–H groups in total. The van der Waals surface area contributed by atoms with Gasteiger partial charge in [-0.2, -0.15) is 0 Å². The summed E-state index contributed by atoms with van der Waals surface area (Å²) in [5, 5.41) is 3.51. The molecule has 1 aliphatic heterocycles. The molecule has 0 amide bonds. The number of piperazine rings is 1. The van der Waals surface area contributed by atoms with Gasteiger partial charge in [0.1, 0.15) is 0 Å². The van der Waals surface area contributed by atoms with Crippen LogP contribution < -0.4 is 10.2 Å². The molecule has 0 unspecified atom stereocenters. The Balaban J connectivity index is 0.00000341. The molecule has 1 saturated heterocycles. The molecule has 0 radical (unpaired) electrons. The van der Waals surface area contributed by atoms with Crippen LogP contribution in [0.1, 0.15) is 24.5 Å². The van der Waals surface area contributed by atoms with Crippen molar-refractivity contribution in [2.24, 2.45) is 4.99 Å². The summed E-state index contributed by atoms with van der Waals surface area (Å²) in [4.78, 5) is 20.1. The molecule has 2 aromatic rings. The van der Waals surface area contributed by atoms with Gasteiger partial charge in [-0.25, -0.2) is 9.97 Å². The van der Waals surface area contributed by atoms with Gasteiger partial charge < -0.3 is 15.1 Å². The maximum atomic E-state index is 4.44. The first-order valence-electron chi connectivity index (χ1n) is 10.9. The molecule has 3 rings (SSSR count). The highest BCUT2D eigenvalue weighted by atomic mass is 127. The number of aromatic nitrogens is 2. The molecule has 31 heavy (non-hydrogen) atoms. The summed E-state index contributed by atoms with van der Waals surface area (Å²) < 4.78 is 0. The predicted octanol–water partition coefficient (Wildman–Crippen LogP) is 2.88. The Hall–Kier alpha value is -1.94. The molecule has 2 heterocycles. The first kappa shape index (κ1) is 25.3. The van der Waals surface area contributed by atoms with Crippen LogP contribution in [-0.4, -0.2) is 79.1 Å². The fraction of sp³-hybridized carbons (Fsp3) is 0.522. The number of aliphatic imine (C=N–C) groups is 1. The molecule has 1 fully saturated rings. The third kappa shape index (κ3) is 7.92. The van der Waals surface area contributed by atoms with Crippen molar-refractivity contribution in [2.75, 3.05) is 58.3 Å². The lowest BCUT2D eigenvalue weighted by Gasteiger charge is -2.34. The molecule has 170 valence electrons. The summed E-state index contributed by atoms with van der Waals surface area (Å²) in [7, 11) is 3.94. The largest absolute Gasteiger partial charge is 0.356 e. The third-order valence-electron chi connectivity index (χ3n) is 5.57. The minimum atomic E-state index is 0. The second-order valence-electron chi connectivity index (χ2n) is 7.73. The van der Waals surface area contributed by atoms with Gasteiger partial charge in [0.05, 0.1) is 0 Å². The van der Waals surface area contributed by atoms with Crippen LogP contribution in [0.15, 0.2) is 47.7 Å². The van der Waals surface area contributed by atoms with Crippen molar-refractivity contribution in [1.82, 2.24) is 25.1 Å². The number of anilines is 1. The van der Waals surface area contributed by atoms with Crippen molar-refractivity contribution in [3.8, 4) is 0 Å². The van der Waals surface area contributed by atoms with Gasteiger partial charge in [-0.15, -0.1) is 24.0 Å². The monoisotopic (exact) mass is 537 g/mol. The zero-order valence-electron chi connectivity index (χ0n) is 19.0. The van der Waals surface area contributed by atoms with Crippen LogP contribution in [0.3, 0.4) is 0 Å². The summed E-state index contributed by atoms with van der Waals surface area (Å²) in [5.74, 6) is 1.79. The van der Waals surface area contributed by atoms with E-state index in [9.17, 15) is 0 Å². The number of nitrogens with zero attached hydrogens (tertiary/aromatic N) is 6. The van der Waals surface area contributed by atoms with E-state index in [0.717, 1.165) is 70.6 Å². The Morgan fingerprint density at radius 1 is 1.06 bits per heavy atom. The molecule has 1 aliphatic rings. The highest BCUT2D eigenvalue weighted by molar-refractivity contribution is 14.0. The average Bonchev–Trinajstić information content (AvgIpc) is 2.80. The van der Waals surface area contributed by atoms with Crippen molar-refractivity contribution in [3.05, 3.63) is 53.9 Å². The Morgan fingerprint density at radius 3 is 2.32 bits per heavy atom. The van der Waals surface area contributed by atoms with Gasteiger partial charge >= 0.3 is 0 Å². The second kappa shape index (κ2) is 13.5. The quantitative estimate of drug-likeness (QED) is 0.242. The molecule has 0 bridgehead atoms. The number of nitrogens with one attached hydrogen (secondary N) is 1. The first-order valence-corrected chi connectivity index (χ1v) is 10.9. The van der Waals surface area contributed by atoms with Gasteiger partial charge in [0.25, 0.3) is 0 Å². The van der Waals surface area contributed by atoms with Crippen LogP contribution >= 0.6 is 24.0 Å². The number of rotatable bonds is 8. The summed E-state index contributed by atoms with van der Waals surface area (Å²) in [6.45, 7) is 9.14. The van der Waals surface area contributed by atoms with Crippen LogP contribution in [0.5, 0.6) is 0 Å². The van der Waals surface area contributed by atoms with Gasteiger partial charge in [0.15, 0.2) is 5.96 Å². The molecular formula is C23H36IN7. The first-order chi connectivity index (χ1) is 14.7. The number of hydrogen-bond donors (Lipinski definition) is 1. The minimum Gasteiger partial charge on any atom is -0.356 e. The zero-order chi connectivity index (χ0) is 21.2. The average molecular weight is 537 g/mol. The standard InChI is InChI=1S/C23H35N7.HI/c1-4-20-7-9-21(10-8-20)19-28(3)22(24-2)25-13-6-14-29-15-17-30(18-16-29)23-26-11-5-12-27-23;/h5,7-12H,4,6,13-19H2,1-3H3,(H,24,25);1H. The van der Waals surface area contributed by atoms with Crippen LogP contribution in [0.2, 0.25) is 0 Å². The zero-order valence-corrected chi connectivity index (χ0v) is 21.3. The van der Waals surface area contributed by atoms with E-state index >= 15 is 0 Å². The molecule has 0 saturated carbocycles. The highest BCUT2D eigenvalue weighted by Gasteiger charge is 2.18. The van der Waals surface area contributed by atoms with E-state index in [2.05, 4.69) is 73.2 Å². The molecule has 1 aromatic heterocycles. The van der Waals surface area contributed by atoms with Gasteiger partial charge in [-0.1, -0.05) is 31.2 Å². The number of hydrogen-bond acceptors (Lipinski definition) is 5. The van der Waals surface area contributed by atoms with E-state index in [1.165, 1.54) is 11.1 Å². The topological polar surface area (TPSA) is 59.9 Å². The second-order valence-corrected chi connectivity index (χ2v) is 7.73. The van der Waals surface area contributed by atoms with E-state index in [0.29, 0.717) is 0 Å². The fourth-order valence-corrected chi connectivity index (χ4v) is 3.74. The lowest BCUT2D eigenvalue weighted by atomic mass is 10.1. The summed E-state index contributed by atoms with van der Waals surface area (Å²) in [5.41, 5.74) is 2.68. The number of benzene rings is 1. The SMILES string of the molecule is CCc1ccc(CN(C)C(=NC)NCCCN2CCN(c3ncccn3)CC2)cc1.I. The maximum Gasteiger partial charge on any atom is 0.225 e. The lowest BCUT2D eigenvalue weighted by molar-refractivity contribution is 0.254. The lowest BCUT2D eigenvalue weighted by Crippen LogP contribution is -2.47. The smallest absolute Gasteiger partial charge is 0.225 e. The van der Waals surface area contributed by atoms with E-state index in [1.54, 1.807) is 0 Å². The van der Waals surface area contributed by atoms with Crippen LogP contribution in [-0.2, 0) is 13.0 Å². The number of halogens is 1. The molecule has 0 aliphatic carbocycles. The van der Waals surface area contributed by atoms with E-state index in [1.807, 2.05) is 25.5 Å². The molecule has 0 atom stereocenters. The van der Waals surface area contributed by atoms with E-state index in [-0.39, 0.29) is 24.0 Å². The van der Waals surface area contributed by atoms with Crippen LogP contribution in [0.25, 0.3) is 0 Å². The Labute approximate surface area is 204 Å². The Kier molecular flexibility index (Phi) is 11.0. The van der Waals surface area contributed by atoms with Crippen LogP contribution in [0.4, 0.5) is 5.95 Å². The van der Waals surface area contributed by atoms with Gasteiger partial charge in [-0.05, 0) is 36.6 Å². The predicted molar refractivity (Wildman–Crippen MR) is 139 cm³/mol. The van der Waals surface area contributed by atoms with Crippen molar-refractivity contribution < 1.29 is 0 Å².